The highest BCUT2D eigenvalue weighted by atomic mass is 79.9. The Morgan fingerprint density at radius 1 is 1.11 bits per heavy atom. The van der Waals surface area contributed by atoms with Crippen molar-refractivity contribution in [3.8, 4) is 5.75 Å². The van der Waals surface area contributed by atoms with Gasteiger partial charge in [-0.2, -0.15) is 0 Å². The summed E-state index contributed by atoms with van der Waals surface area (Å²) in [6.45, 7) is 6.16. The Kier molecular flexibility index (Phi) is 6.73. The number of carbonyl (C=O) groups excluding carboxylic acids is 2. The summed E-state index contributed by atoms with van der Waals surface area (Å²) in [5.41, 5.74) is 1.45. The molecule has 2 aromatic carbocycles. The third kappa shape index (κ3) is 4.93. The van der Waals surface area contributed by atoms with E-state index in [4.69, 9.17) is 4.74 Å². The molecule has 0 atom stereocenters. The van der Waals surface area contributed by atoms with Crippen LogP contribution in [-0.2, 0) is 0 Å². The molecule has 1 aliphatic rings. The maximum Gasteiger partial charge on any atom is 0.259 e. The van der Waals surface area contributed by atoms with Gasteiger partial charge in [-0.05, 0) is 49.1 Å². The molecule has 5 nitrogen and oxygen atoms in total. The summed E-state index contributed by atoms with van der Waals surface area (Å²) in [5, 5.41) is 2.90. The summed E-state index contributed by atoms with van der Waals surface area (Å²) in [6.07, 6.45) is 2.05. The van der Waals surface area contributed by atoms with E-state index < -0.39 is 0 Å². The molecule has 148 valence electrons. The fraction of sp³-hybridized carbons (Fsp3) is 0.364. The molecule has 3 rings (SSSR count). The predicted molar refractivity (Wildman–Crippen MR) is 114 cm³/mol. The van der Waals surface area contributed by atoms with Crippen LogP contribution < -0.4 is 10.1 Å². The minimum atomic E-state index is -0.304. The van der Waals surface area contributed by atoms with Crippen molar-refractivity contribution in [2.45, 2.75) is 26.7 Å². The molecule has 0 radical (unpaired) electrons. The zero-order valence-corrected chi connectivity index (χ0v) is 17.8. The Morgan fingerprint density at radius 3 is 2.54 bits per heavy atom. The molecule has 0 unspecified atom stereocenters. The Balaban J connectivity index is 1.84. The highest BCUT2D eigenvalue weighted by Gasteiger charge is 2.23. The number of carbonyl (C=O) groups is 2. The number of para-hydroxylation sites is 1. The zero-order valence-electron chi connectivity index (χ0n) is 16.2. The van der Waals surface area contributed by atoms with Gasteiger partial charge in [0, 0.05) is 17.6 Å². The molecule has 1 N–H and O–H groups in total. The van der Waals surface area contributed by atoms with E-state index in [0.717, 1.165) is 30.4 Å². The van der Waals surface area contributed by atoms with Crippen LogP contribution in [0.15, 0.2) is 46.9 Å². The van der Waals surface area contributed by atoms with Crippen LogP contribution >= 0.6 is 15.9 Å². The molecule has 0 aromatic heterocycles. The second-order valence-corrected chi connectivity index (χ2v) is 8.26. The molecule has 0 bridgehead atoms. The number of nitrogens with one attached hydrogen (secondary N) is 1. The Morgan fingerprint density at radius 2 is 1.82 bits per heavy atom. The Labute approximate surface area is 174 Å². The first-order chi connectivity index (χ1) is 13.5. The minimum Gasteiger partial charge on any atom is -0.492 e. The third-order valence-electron chi connectivity index (χ3n) is 4.56. The lowest BCUT2D eigenvalue weighted by atomic mass is 10.1. The summed E-state index contributed by atoms with van der Waals surface area (Å²) < 4.78 is 6.60. The van der Waals surface area contributed by atoms with Crippen LogP contribution in [0.25, 0.3) is 0 Å². The summed E-state index contributed by atoms with van der Waals surface area (Å²) in [4.78, 5) is 27.7. The van der Waals surface area contributed by atoms with Crippen molar-refractivity contribution in [1.29, 1.82) is 0 Å². The lowest BCUT2D eigenvalue weighted by Gasteiger charge is -2.18. The smallest absolute Gasteiger partial charge is 0.259 e. The normalized spacial score (nSPS) is 13.6. The van der Waals surface area contributed by atoms with Crippen LogP contribution in [0.3, 0.4) is 0 Å². The van der Waals surface area contributed by atoms with Crippen LogP contribution in [0.2, 0.25) is 0 Å². The third-order valence-corrected chi connectivity index (χ3v) is 5.05. The zero-order chi connectivity index (χ0) is 20.1. The van der Waals surface area contributed by atoms with Gasteiger partial charge in [0.1, 0.15) is 5.75 Å². The number of hydrogen-bond acceptors (Lipinski definition) is 3. The molecule has 2 amide bonds. The van der Waals surface area contributed by atoms with E-state index in [1.807, 2.05) is 23.1 Å². The summed E-state index contributed by atoms with van der Waals surface area (Å²) in [5.74, 6) is 0.525. The molecular weight excluding hydrogens is 420 g/mol. The van der Waals surface area contributed by atoms with Gasteiger partial charge in [0.15, 0.2) is 0 Å². The minimum absolute atomic E-state index is 0.0427. The maximum atomic E-state index is 13.0. The highest BCUT2D eigenvalue weighted by molar-refractivity contribution is 9.10. The van der Waals surface area contributed by atoms with E-state index in [2.05, 4.69) is 35.1 Å². The number of anilines is 1. The molecule has 1 aliphatic heterocycles. The number of halogens is 1. The van der Waals surface area contributed by atoms with Crippen molar-refractivity contribution in [2.75, 3.05) is 25.0 Å². The van der Waals surface area contributed by atoms with Gasteiger partial charge in [0.2, 0.25) is 0 Å². The quantitative estimate of drug-likeness (QED) is 0.683. The first-order valence-electron chi connectivity index (χ1n) is 9.57. The van der Waals surface area contributed by atoms with E-state index in [9.17, 15) is 9.59 Å². The van der Waals surface area contributed by atoms with Gasteiger partial charge in [-0.25, -0.2) is 0 Å². The monoisotopic (exact) mass is 444 g/mol. The number of hydrogen-bond donors (Lipinski definition) is 1. The van der Waals surface area contributed by atoms with Crippen LogP contribution in [0, 0.1) is 5.92 Å². The topological polar surface area (TPSA) is 58.6 Å². The molecule has 0 spiro atoms. The van der Waals surface area contributed by atoms with Crippen molar-refractivity contribution in [2.24, 2.45) is 5.92 Å². The summed E-state index contributed by atoms with van der Waals surface area (Å²) in [7, 11) is 0. The number of amides is 2. The molecule has 1 heterocycles. The lowest BCUT2D eigenvalue weighted by Crippen LogP contribution is -2.28. The molecule has 28 heavy (non-hydrogen) atoms. The van der Waals surface area contributed by atoms with Gasteiger partial charge >= 0.3 is 0 Å². The molecule has 6 heteroatoms. The number of likely N-dealkylation sites (tertiary alicyclic amines) is 1. The fourth-order valence-electron chi connectivity index (χ4n) is 3.12. The van der Waals surface area contributed by atoms with Crippen molar-refractivity contribution >= 4 is 33.4 Å². The van der Waals surface area contributed by atoms with Gasteiger partial charge < -0.3 is 15.0 Å². The standard InChI is InChI=1S/C22H25BrN2O3/c1-15(2)14-28-20-10-9-16(23)13-18(20)21(26)24-19-8-4-3-7-17(19)22(27)25-11-5-6-12-25/h3-4,7-10,13,15H,5-6,11-12,14H2,1-2H3,(H,24,26). The van der Waals surface area contributed by atoms with Crippen molar-refractivity contribution in [3.05, 3.63) is 58.1 Å². The van der Waals surface area contributed by atoms with Gasteiger partial charge in [-0.15, -0.1) is 0 Å². The van der Waals surface area contributed by atoms with Crippen LogP contribution in [0.4, 0.5) is 5.69 Å². The van der Waals surface area contributed by atoms with E-state index in [1.54, 1.807) is 24.3 Å². The van der Waals surface area contributed by atoms with Gasteiger partial charge in [0.25, 0.3) is 11.8 Å². The number of ether oxygens (including phenoxy) is 1. The SMILES string of the molecule is CC(C)COc1ccc(Br)cc1C(=O)Nc1ccccc1C(=O)N1CCCC1. The first-order valence-corrected chi connectivity index (χ1v) is 10.4. The van der Waals surface area contributed by atoms with Crippen LogP contribution in [-0.4, -0.2) is 36.4 Å². The van der Waals surface area contributed by atoms with Crippen molar-refractivity contribution in [1.82, 2.24) is 4.90 Å². The Hall–Kier alpha value is -2.34. The average molecular weight is 445 g/mol. The molecule has 0 aliphatic carbocycles. The average Bonchev–Trinajstić information content (AvgIpc) is 3.21. The molecule has 1 fully saturated rings. The summed E-state index contributed by atoms with van der Waals surface area (Å²) in [6, 6.07) is 12.5. The second-order valence-electron chi connectivity index (χ2n) is 7.34. The molecule has 2 aromatic rings. The summed E-state index contributed by atoms with van der Waals surface area (Å²) >= 11 is 3.42. The van der Waals surface area contributed by atoms with Crippen molar-refractivity contribution < 1.29 is 14.3 Å². The van der Waals surface area contributed by atoms with E-state index in [-0.39, 0.29) is 11.8 Å². The van der Waals surface area contributed by atoms with Gasteiger partial charge in [0.05, 0.1) is 23.4 Å². The second kappa shape index (κ2) is 9.24. The largest absolute Gasteiger partial charge is 0.492 e. The maximum absolute atomic E-state index is 13.0. The molecule has 1 saturated heterocycles. The van der Waals surface area contributed by atoms with E-state index in [1.165, 1.54) is 0 Å². The molecular formula is C22H25BrN2O3. The van der Waals surface area contributed by atoms with E-state index >= 15 is 0 Å². The number of benzene rings is 2. The van der Waals surface area contributed by atoms with Gasteiger partial charge in [-0.3, -0.25) is 9.59 Å². The number of rotatable bonds is 6. The van der Waals surface area contributed by atoms with Crippen LogP contribution in [0.1, 0.15) is 47.4 Å². The number of nitrogens with zero attached hydrogens (tertiary/aromatic N) is 1. The highest BCUT2D eigenvalue weighted by Crippen LogP contribution is 2.26. The lowest BCUT2D eigenvalue weighted by molar-refractivity contribution is 0.0794. The predicted octanol–water partition coefficient (Wildman–Crippen LogP) is 4.97. The van der Waals surface area contributed by atoms with Gasteiger partial charge in [-0.1, -0.05) is 41.9 Å². The van der Waals surface area contributed by atoms with Crippen LogP contribution in [0.5, 0.6) is 5.75 Å². The van der Waals surface area contributed by atoms with E-state index in [0.29, 0.717) is 35.1 Å². The van der Waals surface area contributed by atoms with Crippen molar-refractivity contribution in [3.63, 3.8) is 0 Å². The molecule has 0 saturated carbocycles. The fourth-order valence-corrected chi connectivity index (χ4v) is 3.48. The Bertz CT molecular complexity index is 861. The first kappa shape index (κ1) is 20.4.